The Bertz CT molecular complexity index is 391. The van der Waals surface area contributed by atoms with Gasteiger partial charge in [0, 0.05) is 8.95 Å². The van der Waals surface area contributed by atoms with Crippen LogP contribution in [0.25, 0.3) is 0 Å². The second-order valence-corrected chi connectivity index (χ2v) is 5.10. The first-order valence-electron chi connectivity index (χ1n) is 4.50. The highest BCUT2D eigenvalue weighted by Gasteiger charge is 2.21. The number of ether oxygens (including phenoxy) is 1. The standard InChI is InChI=1S/C10H9Br2NO2/c11-6-1-2-8(9(12)3-6)10(14)13-7-4-15-5-7/h1-3,7H,4-5H2,(H,13,14). The molecule has 1 heterocycles. The number of hydrogen-bond donors (Lipinski definition) is 1. The van der Waals surface area contributed by atoms with E-state index >= 15 is 0 Å². The van der Waals surface area contributed by atoms with Gasteiger partial charge in [-0.05, 0) is 34.1 Å². The molecule has 80 valence electrons. The Morgan fingerprint density at radius 2 is 2.13 bits per heavy atom. The van der Waals surface area contributed by atoms with Gasteiger partial charge in [-0.25, -0.2) is 0 Å². The van der Waals surface area contributed by atoms with Crippen molar-refractivity contribution in [1.82, 2.24) is 5.32 Å². The number of hydrogen-bond acceptors (Lipinski definition) is 2. The molecule has 1 saturated heterocycles. The fourth-order valence-electron chi connectivity index (χ4n) is 1.26. The van der Waals surface area contributed by atoms with Gasteiger partial charge in [-0.2, -0.15) is 0 Å². The van der Waals surface area contributed by atoms with E-state index in [9.17, 15) is 4.79 Å². The number of carbonyl (C=O) groups excluding carboxylic acids is 1. The van der Waals surface area contributed by atoms with E-state index in [-0.39, 0.29) is 11.9 Å². The van der Waals surface area contributed by atoms with Crippen LogP contribution in [-0.4, -0.2) is 25.2 Å². The molecule has 1 aromatic carbocycles. The highest BCUT2D eigenvalue weighted by atomic mass is 79.9. The molecule has 0 spiro atoms. The second kappa shape index (κ2) is 4.63. The maximum absolute atomic E-state index is 11.8. The largest absolute Gasteiger partial charge is 0.377 e. The van der Waals surface area contributed by atoms with Crippen molar-refractivity contribution in [3.8, 4) is 0 Å². The summed E-state index contributed by atoms with van der Waals surface area (Å²) in [4.78, 5) is 11.8. The van der Waals surface area contributed by atoms with E-state index in [1.165, 1.54) is 0 Å². The summed E-state index contributed by atoms with van der Waals surface area (Å²) >= 11 is 6.69. The van der Waals surface area contributed by atoms with Crippen molar-refractivity contribution < 1.29 is 9.53 Å². The number of nitrogens with one attached hydrogen (secondary N) is 1. The quantitative estimate of drug-likeness (QED) is 0.901. The monoisotopic (exact) mass is 333 g/mol. The molecule has 0 aromatic heterocycles. The topological polar surface area (TPSA) is 38.3 Å². The van der Waals surface area contributed by atoms with Crippen molar-refractivity contribution in [2.45, 2.75) is 6.04 Å². The fourth-order valence-corrected chi connectivity index (χ4v) is 2.48. The van der Waals surface area contributed by atoms with Crippen LogP contribution in [-0.2, 0) is 4.74 Å². The van der Waals surface area contributed by atoms with Gasteiger partial charge in [0.25, 0.3) is 5.91 Å². The average Bonchev–Trinajstić information content (AvgIpc) is 2.11. The molecule has 0 bridgehead atoms. The molecule has 0 atom stereocenters. The normalized spacial score (nSPS) is 15.9. The van der Waals surface area contributed by atoms with E-state index in [1.54, 1.807) is 6.07 Å². The van der Waals surface area contributed by atoms with Crippen LogP contribution in [0.2, 0.25) is 0 Å². The van der Waals surface area contributed by atoms with Crippen LogP contribution in [0.15, 0.2) is 27.1 Å². The van der Waals surface area contributed by atoms with Gasteiger partial charge in [0.05, 0.1) is 24.8 Å². The molecule has 15 heavy (non-hydrogen) atoms. The van der Waals surface area contributed by atoms with Crippen LogP contribution in [0.5, 0.6) is 0 Å². The summed E-state index contributed by atoms with van der Waals surface area (Å²) in [5, 5.41) is 2.88. The Labute approximate surface area is 104 Å². The molecule has 2 rings (SSSR count). The Balaban J connectivity index is 2.10. The first-order valence-corrected chi connectivity index (χ1v) is 6.09. The van der Waals surface area contributed by atoms with Gasteiger partial charge in [0.15, 0.2) is 0 Å². The third-order valence-corrected chi connectivity index (χ3v) is 3.30. The number of rotatable bonds is 2. The van der Waals surface area contributed by atoms with Crippen molar-refractivity contribution in [2.75, 3.05) is 13.2 Å². The van der Waals surface area contributed by atoms with E-state index in [1.807, 2.05) is 12.1 Å². The Morgan fingerprint density at radius 1 is 1.40 bits per heavy atom. The molecule has 3 nitrogen and oxygen atoms in total. The predicted molar refractivity (Wildman–Crippen MR) is 63.9 cm³/mol. The number of amides is 1. The Hall–Kier alpha value is -0.390. The molecule has 0 saturated carbocycles. The van der Waals surface area contributed by atoms with Gasteiger partial charge in [-0.15, -0.1) is 0 Å². The van der Waals surface area contributed by atoms with E-state index in [0.29, 0.717) is 18.8 Å². The van der Waals surface area contributed by atoms with Crippen LogP contribution in [0.3, 0.4) is 0 Å². The summed E-state index contributed by atoms with van der Waals surface area (Å²) in [6, 6.07) is 5.64. The lowest BCUT2D eigenvalue weighted by atomic mass is 10.2. The van der Waals surface area contributed by atoms with Crippen molar-refractivity contribution in [2.24, 2.45) is 0 Å². The molecular formula is C10H9Br2NO2. The first-order chi connectivity index (χ1) is 7.16. The van der Waals surface area contributed by atoms with E-state index in [0.717, 1.165) is 8.95 Å². The third-order valence-electron chi connectivity index (χ3n) is 2.15. The van der Waals surface area contributed by atoms with Gasteiger partial charge >= 0.3 is 0 Å². The molecule has 0 radical (unpaired) electrons. The van der Waals surface area contributed by atoms with Crippen LogP contribution in [0, 0.1) is 0 Å². The molecule has 1 aromatic rings. The minimum absolute atomic E-state index is 0.0670. The average molecular weight is 335 g/mol. The van der Waals surface area contributed by atoms with Gasteiger partial charge in [0.1, 0.15) is 0 Å². The number of halogens is 2. The minimum Gasteiger partial charge on any atom is -0.377 e. The Morgan fingerprint density at radius 3 is 2.67 bits per heavy atom. The van der Waals surface area contributed by atoms with Crippen LogP contribution >= 0.6 is 31.9 Å². The molecular weight excluding hydrogens is 326 g/mol. The van der Waals surface area contributed by atoms with Gasteiger partial charge in [0.2, 0.25) is 0 Å². The second-order valence-electron chi connectivity index (χ2n) is 3.33. The van der Waals surface area contributed by atoms with Gasteiger partial charge < -0.3 is 10.1 Å². The predicted octanol–water partition coefficient (Wildman–Crippen LogP) is 2.34. The smallest absolute Gasteiger partial charge is 0.252 e. The van der Waals surface area contributed by atoms with Crippen LogP contribution in [0.1, 0.15) is 10.4 Å². The SMILES string of the molecule is O=C(NC1COC1)c1ccc(Br)cc1Br. The molecule has 1 aliphatic heterocycles. The van der Waals surface area contributed by atoms with E-state index < -0.39 is 0 Å². The molecule has 1 amide bonds. The highest BCUT2D eigenvalue weighted by Crippen LogP contribution is 2.22. The summed E-state index contributed by atoms with van der Waals surface area (Å²) in [6.07, 6.45) is 0. The molecule has 5 heteroatoms. The summed E-state index contributed by atoms with van der Waals surface area (Å²) in [5.74, 6) is -0.0670. The molecule has 0 unspecified atom stereocenters. The van der Waals surface area contributed by atoms with Crippen molar-refractivity contribution >= 4 is 37.8 Å². The fraction of sp³-hybridized carbons (Fsp3) is 0.300. The summed E-state index contributed by atoms with van der Waals surface area (Å²) in [7, 11) is 0. The minimum atomic E-state index is -0.0670. The van der Waals surface area contributed by atoms with E-state index in [4.69, 9.17) is 4.74 Å². The molecule has 1 fully saturated rings. The van der Waals surface area contributed by atoms with Gasteiger partial charge in [-0.1, -0.05) is 15.9 Å². The molecule has 1 N–H and O–H groups in total. The van der Waals surface area contributed by atoms with Crippen molar-refractivity contribution in [3.63, 3.8) is 0 Å². The maximum Gasteiger partial charge on any atom is 0.252 e. The van der Waals surface area contributed by atoms with E-state index in [2.05, 4.69) is 37.2 Å². The lowest BCUT2D eigenvalue weighted by Gasteiger charge is -2.26. The first kappa shape index (κ1) is 11.1. The molecule has 1 aliphatic rings. The number of carbonyl (C=O) groups is 1. The zero-order valence-corrected chi connectivity index (χ0v) is 11.0. The summed E-state index contributed by atoms with van der Waals surface area (Å²) in [6.45, 7) is 1.22. The van der Waals surface area contributed by atoms with Crippen LogP contribution < -0.4 is 5.32 Å². The van der Waals surface area contributed by atoms with Crippen LogP contribution in [0.4, 0.5) is 0 Å². The Kier molecular flexibility index (Phi) is 3.43. The van der Waals surface area contributed by atoms with Crippen molar-refractivity contribution in [3.05, 3.63) is 32.7 Å². The third kappa shape index (κ3) is 2.59. The summed E-state index contributed by atoms with van der Waals surface area (Å²) in [5.41, 5.74) is 0.644. The summed E-state index contributed by atoms with van der Waals surface area (Å²) < 4.78 is 6.72. The zero-order valence-electron chi connectivity index (χ0n) is 7.80. The maximum atomic E-state index is 11.8. The highest BCUT2D eigenvalue weighted by molar-refractivity contribution is 9.11. The lowest BCUT2D eigenvalue weighted by Crippen LogP contribution is -2.48. The van der Waals surface area contributed by atoms with Crippen molar-refractivity contribution in [1.29, 1.82) is 0 Å². The lowest BCUT2D eigenvalue weighted by molar-refractivity contribution is -0.00347. The zero-order chi connectivity index (χ0) is 10.8. The number of benzene rings is 1. The van der Waals surface area contributed by atoms with Gasteiger partial charge in [-0.3, -0.25) is 4.79 Å². The molecule has 0 aliphatic carbocycles.